The third-order valence-corrected chi connectivity index (χ3v) is 2.04. The van der Waals surface area contributed by atoms with E-state index in [1.807, 2.05) is 25.1 Å². The average molecular weight is 179 g/mol. The molecule has 1 aromatic carbocycles. The van der Waals surface area contributed by atoms with Crippen molar-refractivity contribution in [3.05, 3.63) is 35.9 Å². The van der Waals surface area contributed by atoms with Crippen molar-refractivity contribution in [2.45, 2.75) is 19.4 Å². The maximum absolute atomic E-state index is 9.06. The Labute approximate surface area is 79.6 Å². The zero-order valence-corrected chi connectivity index (χ0v) is 8.03. The van der Waals surface area contributed by atoms with E-state index < -0.39 is 0 Å². The van der Waals surface area contributed by atoms with Gasteiger partial charge in [-0.05, 0) is 18.5 Å². The largest absolute Gasteiger partial charge is 0.395 e. The van der Waals surface area contributed by atoms with Gasteiger partial charge in [-0.25, -0.2) is 0 Å². The Kier molecular flexibility index (Phi) is 4.50. The van der Waals surface area contributed by atoms with Crippen molar-refractivity contribution in [3.63, 3.8) is 0 Å². The molecule has 2 heteroatoms. The molecule has 0 radical (unpaired) electrons. The molecule has 0 saturated heterocycles. The van der Waals surface area contributed by atoms with Crippen molar-refractivity contribution in [1.82, 2.24) is 5.32 Å². The minimum absolute atomic E-state index is 0.187. The molecule has 0 aromatic heterocycles. The van der Waals surface area contributed by atoms with E-state index in [9.17, 15) is 0 Å². The highest BCUT2D eigenvalue weighted by molar-refractivity contribution is 5.15. The molecule has 1 unspecified atom stereocenters. The quantitative estimate of drug-likeness (QED) is 0.712. The summed E-state index contributed by atoms with van der Waals surface area (Å²) >= 11 is 0. The summed E-state index contributed by atoms with van der Waals surface area (Å²) in [4.78, 5) is 0. The second-order valence-electron chi connectivity index (χ2n) is 3.13. The van der Waals surface area contributed by atoms with E-state index in [1.165, 1.54) is 5.56 Å². The molecular formula is C11H17NO. The maximum Gasteiger partial charge on any atom is 0.0587 e. The molecule has 13 heavy (non-hydrogen) atoms. The molecule has 0 saturated carbocycles. The van der Waals surface area contributed by atoms with E-state index >= 15 is 0 Å². The number of hydrogen-bond acceptors (Lipinski definition) is 2. The second-order valence-corrected chi connectivity index (χ2v) is 3.13. The topological polar surface area (TPSA) is 32.3 Å². The minimum Gasteiger partial charge on any atom is -0.395 e. The third-order valence-electron chi connectivity index (χ3n) is 2.04. The average Bonchev–Trinajstić information content (AvgIpc) is 2.19. The van der Waals surface area contributed by atoms with E-state index in [0.717, 1.165) is 13.0 Å². The van der Waals surface area contributed by atoms with Gasteiger partial charge in [-0.2, -0.15) is 0 Å². The predicted octanol–water partition coefficient (Wildman–Crippen LogP) is 1.20. The van der Waals surface area contributed by atoms with E-state index in [2.05, 4.69) is 17.4 Å². The molecule has 0 amide bonds. The number of aliphatic hydroxyl groups is 1. The van der Waals surface area contributed by atoms with Crippen molar-refractivity contribution in [2.75, 3.05) is 13.2 Å². The maximum atomic E-state index is 9.06. The highest BCUT2D eigenvalue weighted by atomic mass is 16.3. The van der Waals surface area contributed by atoms with Crippen LogP contribution in [0.15, 0.2) is 30.3 Å². The van der Waals surface area contributed by atoms with Gasteiger partial charge in [-0.15, -0.1) is 0 Å². The lowest BCUT2D eigenvalue weighted by Gasteiger charge is -2.14. The molecule has 1 atom stereocenters. The lowest BCUT2D eigenvalue weighted by atomic mass is 10.1. The highest BCUT2D eigenvalue weighted by Crippen LogP contribution is 2.02. The zero-order valence-electron chi connectivity index (χ0n) is 8.03. The van der Waals surface area contributed by atoms with Crippen LogP contribution in [0.5, 0.6) is 0 Å². The second kappa shape index (κ2) is 5.73. The molecular weight excluding hydrogens is 162 g/mol. The molecule has 0 spiro atoms. The van der Waals surface area contributed by atoms with Crippen LogP contribution in [0.4, 0.5) is 0 Å². The lowest BCUT2D eigenvalue weighted by molar-refractivity contribution is 0.243. The monoisotopic (exact) mass is 179 g/mol. The molecule has 0 bridgehead atoms. The van der Waals surface area contributed by atoms with Crippen LogP contribution in [-0.2, 0) is 6.42 Å². The number of likely N-dealkylation sites (N-methyl/N-ethyl adjacent to an activating group) is 1. The van der Waals surface area contributed by atoms with Crippen LogP contribution in [-0.4, -0.2) is 24.3 Å². The van der Waals surface area contributed by atoms with E-state index in [1.54, 1.807) is 0 Å². The number of nitrogens with one attached hydrogen (secondary N) is 1. The van der Waals surface area contributed by atoms with Gasteiger partial charge < -0.3 is 10.4 Å². The summed E-state index contributed by atoms with van der Waals surface area (Å²) in [5.74, 6) is 0. The van der Waals surface area contributed by atoms with Crippen molar-refractivity contribution in [2.24, 2.45) is 0 Å². The molecule has 72 valence electrons. The van der Waals surface area contributed by atoms with Crippen LogP contribution in [0.3, 0.4) is 0 Å². The normalized spacial score (nSPS) is 12.8. The summed E-state index contributed by atoms with van der Waals surface area (Å²) in [7, 11) is 0. The van der Waals surface area contributed by atoms with Crippen molar-refractivity contribution in [1.29, 1.82) is 0 Å². The minimum atomic E-state index is 0.187. The van der Waals surface area contributed by atoms with Gasteiger partial charge in [-0.3, -0.25) is 0 Å². The van der Waals surface area contributed by atoms with Gasteiger partial charge in [0.05, 0.1) is 6.61 Å². The first-order valence-corrected chi connectivity index (χ1v) is 4.75. The molecule has 1 aromatic rings. The first kappa shape index (κ1) is 10.2. The SMILES string of the molecule is CCNC(CO)Cc1ccccc1. The lowest BCUT2D eigenvalue weighted by Crippen LogP contribution is -2.34. The van der Waals surface area contributed by atoms with Crippen LogP contribution in [0.25, 0.3) is 0 Å². The van der Waals surface area contributed by atoms with Crippen molar-refractivity contribution in [3.8, 4) is 0 Å². The smallest absolute Gasteiger partial charge is 0.0587 e. The van der Waals surface area contributed by atoms with Gasteiger partial charge in [-0.1, -0.05) is 37.3 Å². The molecule has 2 N–H and O–H groups in total. The number of aliphatic hydroxyl groups excluding tert-OH is 1. The zero-order chi connectivity index (χ0) is 9.52. The number of rotatable bonds is 5. The molecule has 1 rings (SSSR count). The summed E-state index contributed by atoms with van der Waals surface area (Å²) in [6.45, 7) is 3.15. The van der Waals surface area contributed by atoms with Crippen LogP contribution in [0, 0.1) is 0 Å². The number of hydrogen-bond donors (Lipinski definition) is 2. The van der Waals surface area contributed by atoms with Gasteiger partial charge in [0.15, 0.2) is 0 Å². The fraction of sp³-hybridized carbons (Fsp3) is 0.455. The van der Waals surface area contributed by atoms with Gasteiger partial charge in [0, 0.05) is 6.04 Å². The summed E-state index contributed by atoms with van der Waals surface area (Å²) in [5.41, 5.74) is 1.27. The molecule has 0 aliphatic heterocycles. The van der Waals surface area contributed by atoms with Crippen molar-refractivity contribution < 1.29 is 5.11 Å². The van der Waals surface area contributed by atoms with Crippen LogP contribution < -0.4 is 5.32 Å². The van der Waals surface area contributed by atoms with Crippen LogP contribution in [0.2, 0.25) is 0 Å². The summed E-state index contributed by atoms with van der Waals surface area (Å²) < 4.78 is 0. The Morgan fingerprint density at radius 3 is 2.54 bits per heavy atom. The van der Waals surface area contributed by atoms with Gasteiger partial charge in [0.25, 0.3) is 0 Å². The molecule has 0 fully saturated rings. The fourth-order valence-electron chi connectivity index (χ4n) is 1.39. The Morgan fingerprint density at radius 2 is 2.00 bits per heavy atom. The van der Waals surface area contributed by atoms with E-state index in [-0.39, 0.29) is 12.6 Å². The van der Waals surface area contributed by atoms with Gasteiger partial charge in [0.1, 0.15) is 0 Å². The Balaban J connectivity index is 2.46. The van der Waals surface area contributed by atoms with Gasteiger partial charge >= 0.3 is 0 Å². The Hall–Kier alpha value is -0.860. The molecule has 0 heterocycles. The van der Waals surface area contributed by atoms with Crippen LogP contribution in [0.1, 0.15) is 12.5 Å². The summed E-state index contributed by atoms with van der Waals surface area (Å²) in [6, 6.07) is 10.4. The van der Waals surface area contributed by atoms with E-state index in [0.29, 0.717) is 0 Å². The van der Waals surface area contributed by atoms with E-state index in [4.69, 9.17) is 5.11 Å². The highest BCUT2D eigenvalue weighted by Gasteiger charge is 2.05. The molecule has 2 nitrogen and oxygen atoms in total. The Bertz CT molecular complexity index is 223. The molecule has 0 aliphatic carbocycles. The third kappa shape index (κ3) is 3.57. The van der Waals surface area contributed by atoms with Crippen molar-refractivity contribution >= 4 is 0 Å². The summed E-state index contributed by atoms with van der Waals surface area (Å²) in [5, 5.41) is 12.3. The standard InChI is InChI=1S/C11H17NO/c1-2-12-11(9-13)8-10-6-4-3-5-7-10/h3-7,11-13H,2,8-9H2,1H3. The Morgan fingerprint density at radius 1 is 1.31 bits per heavy atom. The van der Waals surface area contributed by atoms with Crippen LogP contribution >= 0.6 is 0 Å². The summed E-state index contributed by atoms with van der Waals surface area (Å²) in [6.07, 6.45) is 0.894. The predicted molar refractivity (Wildman–Crippen MR) is 54.7 cm³/mol. The van der Waals surface area contributed by atoms with Gasteiger partial charge in [0.2, 0.25) is 0 Å². The first-order chi connectivity index (χ1) is 6.36. The molecule has 0 aliphatic rings. The fourth-order valence-corrected chi connectivity index (χ4v) is 1.39. The first-order valence-electron chi connectivity index (χ1n) is 4.75. The number of benzene rings is 1.